The Hall–Kier alpha value is -2.15. The fraction of sp³-hybridized carbons (Fsp3) is 0.529. The Morgan fingerprint density at radius 1 is 1.38 bits per heavy atom. The van der Waals surface area contributed by atoms with E-state index in [2.05, 4.69) is 5.32 Å². The summed E-state index contributed by atoms with van der Waals surface area (Å²) >= 11 is 0. The Kier molecular flexibility index (Phi) is 5.77. The predicted molar refractivity (Wildman–Crippen MR) is 87.6 cm³/mol. The number of amides is 1. The van der Waals surface area contributed by atoms with Crippen LogP contribution in [0.1, 0.15) is 30.6 Å². The Morgan fingerprint density at radius 3 is 2.58 bits per heavy atom. The van der Waals surface area contributed by atoms with Gasteiger partial charge in [-0.25, -0.2) is 9.18 Å². The number of nitrogens with zero attached hydrogens (tertiary/aromatic N) is 1. The first kappa shape index (κ1) is 18.2. The molecule has 0 unspecified atom stereocenters. The van der Waals surface area contributed by atoms with E-state index >= 15 is 0 Å². The van der Waals surface area contributed by atoms with Gasteiger partial charge in [-0.3, -0.25) is 4.79 Å². The molecule has 1 aliphatic heterocycles. The van der Waals surface area contributed by atoms with Crippen LogP contribution in [-0.2, 0) is 14.3 Å². The molecule has 0 saturated carbocycles. The smallest absolute Gasteiger partial charge is 0.331 e. The first-order chi connectivity index (χ1) is 11.4. The van der Waals surface area contributed by atoms with Crippen molar-refractivity contribution < 1.29 is 23.5 Å². The van der Waals surface area contributed by atoms with Crippen LogP contribution in [0.5, 0.6) is 0 Å². The molecule has 24 heavy (non-hydrogen) atoms. The highest BCUT2D eigenvalue weighted by atomic mass is 19.1. The zero-order chi connectivity index (χ0) is 17.7. The lowest BCUT2D eigenvalue weighted by molar-refractivity contribution is -0.147. The van der Waals surface area contributed by atoms with Gasteiger partial charge in [0.25, 0.3) is 5.91 Å². The maximum atomic E-state index is 14.4. The van der Waals surface area contributed by atoms with E-state index in [1.54, 1.807) is 26.0 Å². The maximum Gasteiger partial charge on any atom is 0.331 e. The van der Waals surface area contributed by atoms with Gasteiger partial charge in [0.15, 0.2) is 0 Å². The van der Waals surface area contributed by atoms with Crippen LogP contribution in [0.4, 0.5) is 10.1 Å². The molecule has 1 aromatic rings. The summed E-state index contributed by atoms with van der Waals surface area (Å²) in [4.78, 5) is 26.1. The van der Waals surface area contributed by atoms with Crippen LogP contribution < -0.4 is 10.2 Å². The summed E-state index contributed by atoms with van der Waals surface area (Å²) in [6, 6.07) is 4.32. The third-order valence-corrected chi connectivity index (χ3v) is 4.29. The summed E-state index contributed by atoms with van der Waals surface area (Å²) in [7, 11) is 1.26. The van der Waals surface area contributed by atoms with Crippen molar-refractivity contribution in [3.05, 3.63) is 29.6 Å². The number of halogens is 1. The fourth-order valence-corrected chi connectivity index (χ4v) is 2.54. The largest absolute Gasteiger partial charge is 0.467 e. The molecule has 1 aromatic carbocycles. The summed E-state index contributed by atoms with van der Waals surface area (Å²) in [5.41, 5.74) is -0.542. The first-order valence-corrected chi connectivity index (χ1v) is 7.94. The molecule has 0 bridgehead atoms. The van der Waals surface area contributed by atoms with Crippen molar-refractivity contribution in [2.24, 2.45) is 0 Å². The highest BCUT2D eigenvalue weighted by Gasteiger charge is 2.34. The van der Waals surface area contributed by atoms with Crippen molar-refractivity contribution >= 4 is 17.6 Å². The van der Waals surface area contributed by atoms with Crippen LogP contribution in [0.3, 0.4) is 0 Å². The molecule has 0 aliphatic carbocycles. The second kappa shape index (κ2) is 7.61. The molecule has 2 rings (SSSR count). The van der Waals surface area contributed by atoms with Gasteiger partial charge in [-0.2, -0.15) is 0 Å². The molecule has 1 saturated heterocycles. The topological polar surface area (TPSA) is 67.9 Å². The molecule has 7 heteroatoms. The molecule has 0 aromatic heterocycles. The van der Waals surface area contributed by atoms with E-state index < -0.39 is 23.2 Å². The molecule has 1 amide bonds. The van der Waals surface area contributed by atoms with Gasteiger partial charge in [-0.05, 0) is 31.5 Å². The van der Waals surface area contributed by atoms with E-state index in [0.717, 1.165) is 0 Å². The molecule has 1 N–H and O–H groups in total. The normalized spacial score (nSPS) is 17.1. The minimum Gasteiger partial charge on any atom is -0.467 e. The van der Waals surface area contributed by atoms with Gasteiger partial charge in [0.2, 0.25) is 0 Å². The lowest BCUT2D eigenvalue weighted by Gasteiger charge is -2.29. The Labute approximate surface area is 140 Å². The van der Waals surface area contributed by atoms with Gasteiger partial charge < -0.3 is 19.7 Å². The summed E-state index contributed by atoms with van der Waals surface area (Å²) in [6.07, 6.45) is 0.361. The number of benzene rings is 1. The first-order valence-electron chi connectivity index (χ1n) is 7.94. The van der Waals surface area contributed by atoms with Crippen LogP contribution in [0.25, 0.3) is 0 Å². The average molecular weight is 338 g/mol. The molecule has 1 fully saturated rings. The summed E-state index contributed by atoms with van der Waals surface area (Å²) in [5, 5.41) is 2.62. The maximum absolute atomic E-state index is 14.4. The van der Waals surface area contributed by atoms with Crippen molar-refractivity contribution in [1.82, 2.24) is 5.32 Å². The molecule has 0 spiro atoms. The van der Waals surface area contributed by atoms with E-state index in [-0.39, 0.29) is 5.56 Å². The number of methoxy groups -OCH3 is 1. The van der Waals surface area contributed by atoms with Crippen molar-refractivity contribution in [3.8, 4) is 0 Å². The number of nitrogens with one attached hydrogen (secondary N) is 1. The Morgan fingerprint density at radius 2 is 2.04 bits per heavy atom. The SMILES string of the molecule is CC[C@](C)(NC(=O)c1ccc(N2CCOCC2)c(F)c1)C(=O)OC. The summed E-state index contributed by atoms with van der Waals surface area (Å²) in [6.45, 7) is 5.66. The number of anilines is 1. The number of carbonyl (C=O) groups excluding carboxylic acids is 2. The molecule has 1 aliphatic rings. The van der Waals surface area contributed by atoms with Crippen molar-refractivity contribution in [3.63, 3.8) is 0 Å². The minimum atomic E-state index is -1.15. The highest BCUT2D eigenvalue weighted by molar-refractivity contribution is 5.98. The highest BCUT2D eigenvalue weighted by Crippen LogP contribution is 2.22. The zero-order valence-corrected chi connectivity index (χ0v) is 14.2. The van der Waals surface area contributed by atoms with Crippen LogP contribution in [0, 0.1) is 5.82 Å². The fourth-order valence-electron chi connectivity index (χ4n) is 2.54. The molecular formula is C17H23FN2O4. The molecule has 6 nitrogen and oxygen atoms in total. The van der Waals surface area contributed by atoms with E-state index in [0.29, 0.717) is 38.4 Å². The number of hydrogen-bond donors (Lipinski definition) is 1. The van der Waals surface area contributed by atoms with Gasteiger partial charge in [-0.1, -0.05) is 6.92 Å². The molecule has 1 heterocycles. The quantitative estimate of drug-likeness (QED) is 0.828. The van der Waals surface area contributed by atoms with Crippen LogP contribution >= 0.6 is 0 Å². The number of hydrogen-bond acceptors (Lipinski definition) is 5. The van der Waals surface area contributed by atoms with Gasteiger partial charge in [0, 0.05) is 18.7 Å². The second-order valence-corrected chi connectivity index (χ2v) is 5.90. The van der Waals surface area contributed by atoms with Gasteiger partial charge in [0.05, 0.1) is 26.0 Å². The standard InChI is InChI=1S/C17H23FN2O4/c1-4-17(2,16(22)23-3)19-15(21)12-5-6-14(13(18)11-12)20-7-9-24-10-8-20/h5-6,11H,4,7-10H2,1-3H3,(H,19,21)/t17-/m0/s1. The van der Waals surface area contributed by atoms with E-state index in [9.17, 15) is 14.0 Å². The molecule has 1 atom stereocenters. The zero-order valence-electron chi connectivity index (χ0n) is 14.2. The second-order valence-electron chi connectivity index (χ2n) is 5.90. The van der Waals surface area contributed by atoms with Gasteiger partial charge >= 0.3 is 5.97 Å². The lowest BCUT2D eigenvalue weighted by Crippen LogP contribution is -2.52. The van der Waals surface area contributed by atoms with Crippen LogP contribution in [-0.4, -0.2) is 50.8 Å². The minimum absolute atomic E-state index is 0.160. The summed E-state index contributed by atoms with van der Waals surface area (Å²) < 4.78 is 24.4. The van der Waals surface area contributed by atoms with Crippen molar-refractivity contribution in [2.45, 2.75) is 25.8 Å². The predicted octanol–water partition coefficient (Wildman–Crippen LogP) is 1.73. The van der Waals surface area contributed by atoms with Crippen molar-refractivity contribution in [2.75, 3.05) is 38.3 Å². The summed E-state index contributed by atoms with van der Waals surface area (Å²) in [5.74, 6) is -1.53. The molecule has 132 valence electrons. The number of ether oxygens (including phenoxy) is 2. The number of rotatable bonds is 5. The number of esters is 1. The van der Waals surface area contributed by atoms with Gasteiger partial charge in [-0.15, -0.1) is 0 Å². The molecule has 0 radical (unpaired) electrons. The third-order valence-electron chi connectivity index (χ3n) is 4.29. The Balaban J connectivity index is 2.15. The number of morpholine rings is 1. The van der Waals surface area contributed by atoms with Crippen LogP contribution in [0.15, 0.2) is 18.2 Å². The van der Waals surface area contributed by atoms with Gasteiger partial charge in [0.1, 0.15) is 11.4 Å². The monoisotopic (exact) mass is 338 g/mol. The van der Waals surface area contributed by atoms with Crippen molar-refractivity contribution in [1.29, 1.82) is 0 Å². The average Bonchev–Trinajstić information content (AvgIpc) is 2.61. The van der Waals surface area contributed by atoms with Crippen LogP contribution in [0.2, 0.25) is 0 Å². The lowest BCUT2D eigenvalue weighted by atomic mass is 9.98. The van der Waals surface area contributed by atoms with E-state index in [1.165, 1.54) is 13.2 Å². The number of carbonyl (C=O) groups is 2. The third kappa shape index (κ3) is 3.84. The van der Waals surface area contributed by atoms with E-state index in [1.807, 2.05) is 4.90 Å². The molecular weight excluding hydrogens is 315 g/mol. The Bertz CT molecular complexity index is 617. The van der Waals surface area contributed by atoms with E-state index in [4.69, 9.17) is 9.47 Å².